The number of halogens is 1. The van der Waals surface area contributed by atoms with Gasteiger partial charge in [-0.3, -0.25) is 4.89 Å². The molecule has 4 heteroatoms. The summed E-state index contributed by atoms with van der Waals surface area (Å²) in [5, 5.41) is 8.08. The van der Waals surface area contributed by atoms with Crippen LogP contribution in [0.2, 0.25) is 0 Å². The van der Waals surface area contributed by atoms with E-state index in [1.165, 1.54) is 5.54 Å². The van der Waals surface area contributed by atoms with Gasteiger partial charge in [0.05, 0.1) is 0 Å². The molecule has 3 nitrogen and oxygen atoms in total. The van der Waals surface area contributed by atoms with E-state index in [9.17, 15) is 4.79 Å². The Morgan fingerprint density at radius 2 is 2.50 bits per heavy atom. The summed E-state index contributed by atoms with van der Waals surface area (Å²) in [4.78, 5) is 14.4. The zero-order chi connectivity index (χ0) is 8.97. The second kappa shape index (κ2) is 4.09. The molecular weight excluding hydrogens is 180 g/mol. The minimum Gasteiger partial charge on any atom is -0.296 e. The van der Waals surface area contributed by atoms with Crippen molar-refractivity contribution in [2.24, 2.45) is 0 Å². The Labute approximate surface area is 74.5 Å². The van der Waals surface area contributed by atoms with E-state index in [0.717, 1.165) is 5.57 Å². The Balaban J connectivity index is 2.76. The molecule has 1 aliphatic rings. The molecule has 0 atom stereocenters. The molecule has 0 spiro atoms. The van der Waals surface area contributed by atoms with Gasteiger partial charge in [-0.05, 0) is 5.57 Å². The number of carbonyl (C=O) groups excluding carboxylic acids is 1. The van der Waals surface area contributed by atoms with E-state index in [1.807, 2.05) is 0 Å². The first kappa shape index (κ1) is 9.03. The smallest absolute Gasteiger partial charge is 0.296 e. The minimum absolute atomic E-state index is 0.381. The fourth-order valence-corrected chi connectivity index (χ4v) is 1.05. The van der Waals surface area contributed by atoms with Crippen LogP contribution in [0.15, 0.2) is 34.9 Å². The molecule has 64 valence electrons. The van der Waals surface area contributed by atoms with Gasteiger partial charge in [0, 0.05) is 17.5 Å². The van der Waals surface area contributed by atoms with Crippen LogP contribution < -0.4 is 0 Å². The van der Waals surface area contributed by atoms with Gasteiger partial charge in [0.15, 0.2) is 0 Å². The predicted octanol–water partition coefficient (Wildman–Crippen LogP) is 2.01. The van der Waals surface area contributed by atoms with Crippen molar-refractivity contribution in [1.82, 2.24) is 0 Å². The van der Waals surface area contributed by atoms with Crippen molar-refractivity contribution in [3.63, 3.8) is 0 Å². The van der Waals surface area contributed by atoms with Gasteiger partial charge < -0.3 is 0 Å². The normalized spacial score (nSPS) is 19.2. The van der Waals surface area contributed by atoms with E-state index in [-0.39, 0.29) is 0 Å². The number of hydrogen-bond acceptors (Lipinski definition) is 3. The highest BCUT2D eigenvalue weighted by atomic mass is 35.5. The first-order valence-electron chi connectivity index (χ1n) is 3.30. The molecule has 0 aromatic carbocycles. The van der Waals surface area contributed by atoms with Crippen LogP contribution in [0.4, 0.5) is 0 Å². The molecule has 0 unspecified atom stereocenters. The second-order valence-electron chi connectivity index (χ2n) is 2.29. The van der Waals surface area contributed by atoms with Crippen molar-refractivity contribution >= 4 is 17.6 Å². The summed E-state index contributed by atoms with van der Waals surface area (Å²) < 4.78 is 0. The Morgan fingerprint density at radius 1 is 1.75 bits per heavy atom. The van der Waals surface area contributed by atoms with Crippen molar-refractivity contribution in [3.8, 4) is 0 Å². The van der Waals surface area contributed by atoms with Crippen molar-refractivity contribution in [2.45, 2.75) is 6.42 Å². The maximum absolute atomic E-state index is 10.8. The lowest BCUT2D eigenvalue weighted by Gasteiger charge is -2.06. The topological polar surface area (TPSA) is 46.5 Å². The maximum Gasteiger partial charge on any atom is 0.369 e. The lowest BCUT2D eigenvalue weighted by Crippen LogP contribution is -2.06. The van der Waals surface area contributed by atoms with Crippen LogP contribution >= 0.6 is 11.6 Å². The summed E-state index contributed by atoms with van der Waals surface area (Å²) in [6.07, 6.45) is 5.41. The molecule has 12 heavy (non-hydrogen) atoms. The van der Waals surface area contributed by atoms with Crippen molar-refractivity contribution in [1.29, 1.82) is 0 Å². The molecule has 1 rings (SSSR count). The summed E-state index contributed by atoms with van der Waals surface area (Å²) in [7, 11) is 0. The fraction of sp³-hybridized carbons (Fsp3) is 0.125. The maximum atomic E-state index is 10.8. The number of carbonyl (C=O) groups is 1. The third-order valence-electron chi connectivity index (χ3n) is 1.49. The first-order valence-corrected chi connectivity index (χ1v) is 3.74. The second-order valence-corrected chi connectivity index (χ2v) is 2.51. The molecule has 0 heterocycles. The molecule has 0 saturated carbocycles. The summed E-state index contributed by atoms with van der Waals surface area (Å²) >= 11 is 5.44. The molecule has 0 bridgehead atoms. The first-order chi connectivity index (χ1) is 5.77. The average molecular weight is 187 g/mol. The third-order valence-corrected chi connectivity index (χ3v) is 1.77. The van der Waals surface area contributed by atoms with Crippen LogP contribution in [0.3, 0.4) is 0 Å². The largest absolute Gasteiger partial charge is 0.369 e. The van der Waals surface area contributed by atoms with E-state index >= 15 is 0 Å². The standard InChI is InChI=1S/C8H7ClO3/c9-5-6-2-1-3-7(4-6)8(10)12-11/h1-3,5,11H,4H2. The van der Waals surface area contributed by atoms with Crippen LogP contribution in [0.5, 0.6) is 0 Å². The zero-order valence-electron chi connectivity index (χ0n) is 6.16. The zero-order valence-corrected chi connectivity index (χ0v) is 6.91. The Hall–Kier alpha value is -1.06. The van der Waals surface area contributed by atoms with Gasteiger partial charge in [0.1, 0.15) is 0 Å². The summed E-state index contributed by atoms with van der Waals surface area (Å²) in [6, 6.07) is 0. The van der Waals surface area contributed by atoms with E-state index in [2.05, 4.69) is 4.89 Å². The van der Waals surface area contributed by atoms with Crippen LogP contribution in [0, 0.1) is 0 Å². The number of hydrogen-bond donors (Lipinski definition) is 1. The number of allylic oxidation sites excluding steroid dienone is 4. The van der Waals surface area contributed by atoms with Gasteiger partial charge >= 0.3 is 5.97 Å². The van der Waals surface area contributed by atoms with Gasteiger partial charge in [-0.2, -0.15) is 5.26 Å². The van der Waals surface area contributed by atoms with Crippen LogP contribution in [0.1, 0.15) is 6.42 Å². The molecule has 0 aromatic heterocycles. The molecule has 0 aromatic rings. The van der Waals surface area contributed by atoms with Crippen molar-refractivity contribution in [3.05, 3.63) is 34.9 Å². The van der Waals surface area contributed by atoms with Crippen molar-refractivity contribution < 1.29 is 14.9 Å². The Morgan fingerprint density at radius 3 is 3.08 bits per heavy atom. The van der Waals surface area contributed by atoms with Gasteiger partial charge in [-0.25, -0.2) is 4.79 Å². The molecule has 0 fully saturated rings. The monoisotopic (exact) mass is 186 g/mol. The quantitative estimate of drug-likeness (QED) is 0.503. The van der Waals surface area contributed by atoms with E-state index in [1.54, 1.807) is 18.2 Å². The van der Waals surface area contributed by atoms with Crippen LogP contribution in [0.25, 0.3) is 0 Å². The number of rotatable bonds is 1. The van der Waals surface area contributed by atoms with Gasteiger partial charge in [0.25, 0.3) is 0 Å². The fourth-order valence-electron chi connectivity index (χ4n) is 0.899. The Bertz CT molecular complexity index is 276. The minimum atomic E-state index is -0.740. The summed E-state index contributed by atoms with van der Waals surface area (Å²) in [5.74, 6) is -0.740. The average Bonchev–Trinajstić information content (AvgIpc) is 2.17. The van der Waals surface area contributed by atoms with Crippen LogP contribution in [-0.4, -0.2) is 11.2 Å². The van der Waals surface area contributed by atoms with Crippen LogP contribution in [-0.2, 0) is 9.68 Å². The SMILES string of the molecule is O=C(OO)C1=CC=CC(=CCl)C1. The molecule has 0 radical (unpaired) electrons. The van der Waals surface area contributed by atoms with Gasteiger partial charge in [0.2, 0.25) is 0 Å². The highest BCUT2D eigenvalue weighted by molar-refractivity contribution is 6.26. The molecule has 0 aliphatic heterocycles. The highest BCUT2D eigenvalue weighted by Gasteiger charge is 2.13. The third kappa shape index (κ3) is 1.96. The summed E-state index contributed by atoms with van der Waals surface area (Å²) in [6.45, 7) is 0. The van der Waals surface area contributed by atoms with E-state index in [4.69, 9.17) is 16.9 Å². The molecule has 1 N–H and O–H groups in total. The molecular formula is C8H7ClO3. The summed E-state index contributed by atoms with van der Waals surface area (Å²) in [5.41, 5.74) is 2.57. The van der Waals surface area contributed by atoms with Gasteiger partial charge in [-0.1, -0.05) is 29.8 Å². The lowest BCUT2D eigenvalue weighted by atomic mass is 10.0. The lowest BCUT2D eigenvalue weighted by molar-refractivity contribution is -0.229. The van der Waals surface area contributed by atoms with E-state index in [0.29, 0.717) is 12.0 Å². The molecule has 0 amide bonds. The Kier molecular flexibility index (Phi) is 3.08. The van der Waals surface area contributed by atoms with Gasteiger partial charge in [-0.15, -0.1) is 0 Å². The predicted molar refractivity (Wildman–Crippen MR) is 44.5 cm³/mol. The molecule has 0 saturated heterocycles. The van der Waals surface area contributed by atoms with E-state index < -0.39 is 5.97 Å². The highest BCUT2D eigenvalue weighted by Crippen LogP contribution is 2.18. The molecule has 1 aliphatic carbocycles. The van der Waals surface area contributed by atoms with Crippen molar-refractivity contribution in [2.75, 3.05) is 0 Å².